The van der Waals surface area contributed by atoms with Crippen LogP contribution in [0.3, 0.4) is 0 Å². The van der Waals surface area contributed by atoms with Crippen LogP contribution < -0.4 is 0 Å². The molecule has 0 unspecified atom stereocenters. The summed E-state index contributed by atoms with van der Waals surface area (Å²) >= 11 is 1.80. The summed E-state index contributed by atoms with van der Waals surface area (Å²) in [4.78, 5) is 1.34. The van der Waals surface area contributed by atoms with Crippen molar-refractivity contribution in [2.75, 3.05) is 6.26 Å². The first kappa shape index (κ1) is 14.0. The Balaban J connectivity index is 2.11. The summed E-state index contributed by atoms with van der Waals surface area (Å²) in [5.41, 5.74) is 1.46. The highest BCUT2D eigenvalue weighted by atomic mass is 32.2. The molecule has 0 amide bonds. The highest BCUT2D eigenvalue weighted by Crippen LogP contribution is 2.36. The topological polar surface area (TPSA) is 9.23 Å². The molecule has 0 bridgehead atoms. The molecule has 0 saturated heterocycles. The van der Waals surface area contributed by atoms with Crippen LogP contribution in [-0.4, -0.2) is 18.5 Å². The van der Waals surface area contributed by atoms with Crippen LogP contribution in [0.25, 0.3) is 0 Å². The molecule has 1 aliphatic rings. The average Bonchev–Trinajstić information content (AvgIpc) is 2.39. The highest BCUT2D eigenvalue weighted by Gasteiger charge is 2.27. The molecule has 1 saturated carbocycles. The second-order valence-corrected chi connectivity index (χ2v) is 6.27. The lowest BCUT2D eigenvalue weighted by molar-refractivity contribution is -0.0247. The molecule has 0 aliphatic heterocycles. The maximum atomic E-state index is 6.11. The Morgan fingerprint density at radius 1 is 1.11 bits per heavy atom. The summed E-state index contributed by atoms with van der Waals surface area (Å²) in [7, 11) is 0. The van der Waals surface area contributed by atoms with E-state index in [1.54, 1.807) is 11.8 Å². The molecule has 18 heavy (non-hydrogen) atoms. The van der Waals surface area contributed by atoms with Crippen LogP contribution in [0.4, 0.5) is 0 Å². The molecule has 0 heterocycles. The summed E-state index contributed by atoms with van der Waals surface area (Å²) in [6.45, 7) is 4.28. The maximum Gasteiger partial charge on any atom is 0.0647 e. The molecular weight excluding hydrogens is 240 g/mol. The van der Waals surface area contributed by atoms with E-state index in [1.807, 2.05) is 0 Å². The normalized spacial score (nSPS) is 24.4. The van der Waals surface area contributed by atoms with Crippen LogP contribution in [0.2, 0.25) is 0 Å². The Morgan fingerprint density at radius 2 is 1.78 bits per heavy atom. The van der Waals surface area contributed by atoms with E-state index in [-0.39, 0.29) is 0 Å². The zero-order valence-electron chi connectivity index (χ0n) is 11.7. The van der Waals surface area contributed by atoms with Gasteiger partial charge in [0.1, 0.15) is 0 Å². The van der Waals surface area contributed by atoms with Crippen molar-refractivity contribution < 1.29 is 4.74 Å². The zero-order valence-corrected chi connectivity index (χ0v) is 12.5. The van der Waals surface area contributed by atoms with Crippen LogP contribution in [0, 0.1) is 0 Å². The van der Waals surface area contributed by atoms with Gasteiger partial charge in [-0.1, -0.05) is 25.0 Å². The van der Waals surface area contributed by atoms with Crippen molar-refractivity contribution in [1.82, 2.24) is 0 Å². The number of hydrogen-bond donors (Lipinski definition) is 0. The number of thioether (sulfide) groups is 1. The minimum atomic E-state index is 0.334. The lowest BCUT2D eigenvalue weighted by atomic mass is 9.81. The molecule has 2 rings (SSSR count). The van der Waals surface area contributed by atoms with Crippen LogP contribution in [0.1, 0.15) is 51.0 Å². The fourth-order valence-electron chi connectivity index (χ4n) is 2.84. The van der Waals surface area contributed by atoms with Crippen LogP contribution in [0.15, 0.2) is 29.2 Å². The van der Waals surface area contributed by atoms with Crippen molar-refractivity contribution in [1.29, 1.82) is 0 Å². The van der Waals surface area contributed by atoms with E-state index in [9.17, 15) is 0 Å². The fraction of sp³-hybridized carbons (Fsp3) is 0.625. The second kappa shape index (κ2) is 6.63. The summed E-state index contributed by atoms with van der Waals surface area (Å²) < 4.78 is 6.11. The third-order valence-corrected chi connectivity index (χ3v) is 4.44. The van der Waals surface area contributed by atoms with Gasteiger partial charge in [0, 0.05) is 10.8 Å². The first-order valence-corrected chi connectivity index (χ1v) is 8.22. The molecule has 0 N–H and O–H groups in total. The van der Waals surface area contributed by atoms with Gasteiger partial charge < -0.3 is 4.74 Å². The number of ether oxygens (including phenoxy) is 1. The fourth-order valence-corrected chi connectivity index (χ4v) is 3.25. The average molecular weight is 264 g/mol. The molecule has 1 aliphatic carbocycles. The van der Waals surface area contributed by atoms with Gasteiger partial charge in [-0.3, -0.25) is 0 Å². The van der Waals surface area contributed by atoms with Gasteiger partial charge in [0.25, 0.3) is 0 Å². The van der Waals surface area contributed by atoms with Crippen LogP contribution in [0.5, 0.6) is 0 Å². The van der Waals surface area contributed by atoms with E-state index < -0.39 is 0 Å². The molecule has 1 aromatic rings. The third-order valence-electron chi connectivity index (χ3n) is 3.69. The Bertz CT molecular complexity index is 358. The van der Waals surface area contributed by atoms with Crippen molar-refractivity contribution in [2.24, 2.45) is 0 Å². The minimum Gasteiger partial charge on any atom is -0.375 e. The number of benzene rings is 1. The molecule has 1 aromatic carbocycles. The molecule has 1 nitrogen and oxygen atoms in total. The Hall–Kier alpha value is -0.470. The molecule has 1 fully saturated rings. The van der Waals surface area contributed by atoms with Crippen LogP contribution >= 0.6 is 11.8 Å². The van der Waals surface area contributed by atoms with E-state index in [1.165, 1.54) is 36.1 Å². The molecule has 2 heteroatoms. The van der Waals surface area contributed by atoms with Gasteiger partial charge in [0.15, 0.2) is 0 Å². The lowest BCUT2D eigenvalue weighted by Gasteiger charge is -2.33. The summed E-state index contributed by atoms with van der Waals surface area (Å²) in [5, 5.41) is 0. The van der Waals surface area contributed by atoms with E-state index in [2.05, 4.69) is 44.4 Å². The van der Waals surface area contributed by atoms with Crippen LogP contribution in [-0.2, 0) is 4.74 Å². The third kappa shape index (κ3) is 3.52. The molecule has 0 aromatic heterocycles. The first-order chi connectivity index (χ1) is 8.70. The first-order valence-electron chi connectivity index (χ1n) is 7.00. The number of hydrogen-bond acceptors (Lipinski definition) is 2. The van der Waals surface area contributed by atoms with Crippen molar-refractivity contribution in [3.05, 3.63) is 29.8 Å². The molecule has 100 valence electrons. The van der Waals surface area contributed by atoms with Gasteiger partial charge in [0.2, 0.25) is 0 Å². The van der Waals surface area contributed by atoms with Gasteiger partial charge in [-0.05, 0) is 50.6 Å². The van der Waals surface area contributed by atoms with Gasteiger partial charge in [0.05, 0.1) is 12.2 Å². The monoisotopic (exact) mass is 264 g/mol. The van der Waals surface area contributed by atoms with Gasteiger partial charge in [-0.15, -0.1) is 11.8 Å². The Kier molecular flexibility index (Phi) is 5.13. The second-order valence-electron chi connectivity index (χ2n) is 5.39. The zero-order chi connectivity index (χ0) is 13.0. The maximum absolute atomic E-state index is 6.11. The van der Waals surface area contributed by atoms with E-state index >= 15 is 0 Å². The van der Waals surface area contributed by atoms with Crippen molar-refractivity contribution in [3.63, 3.8) is 0 Å². The predicted octanol–water partition coefficient (Wildman–Crippen LogP) is 4.86. The SMILES string of the molecule is CSc1ccc([C@@H]2CCCC[C@H]2OC(C)C)cc1. The van der Waals surface area contributed by atoms with Crippen molar-refractivity contribution in [3.8, 4) is 0 Å². The van der Waals surface area contributed by atoms with E-state index in [0.717, 1.165) is 0 Å². The van der Waals surface area contributed by atoms with Gasteiger partial charge in [-0.2, -0.15) is 0 Å². The largest absolute Gasteiger partial charge is 0.375 e. The quantitative estimate of drug-likeness (QED) is 0.718. The molecule has 2 atom stereocenters. The Morgan fingerprint density at radius 3 is 2.39 bits per heavy atom. The number of rotatable bonds is 4. The molecule has 0 spiro atoms. The van der Waals surface area contributed by atoms with Crippen molar-refractivity contribution >= 4 is 11.8 Å². The smallest absolute Gasteiger partial charge is 0.0647 e. The summed E-state index contributed by atoms with van der Waals surface area (Å²) in [6, 6.07) is 9.05. The summed E-state index contributed by atoms with van der Waals surface area (Å²) in [6.07, 6.45) is 8.02. The standard InChI is InChI=1S/C16H24OS/c1-12(2)17-16-7-5-4-6-15(16)13-8-10-14(18-3)11-9-13/h8-12,15-16H,4-7H2,1-3H3/t15-,16+/m0/s1. The molecule has 0 radical (unpaired) electrons. The lowest BCUT2D eigenvalue weighted by Crippen LogP contribution is -2.28. The predicted molar refractivity (Wildman–Crippen MR) is 79.4 cm³/mol. The minimum absolute atomic E-state index is 0.334. The summed E-state index contributed by atoms with van der Waals surface area (Å²) in [5.74, 6) is 0.594. The van der Waals surface area contributed by atoms with E-state index in [4.69, 9.17) is 4.74 Å². The Labute approximate surface area is 115 Å². The highest BCUT2D eigenvalue weighted by molar-refractivity contribution is 7.98. The van der Waals surface area contributed by atoms with Gasteiger partial charge in [-0.25, -0.2) is 0 Å². The van der Waals surface area contributed by atoms with Crippen molar-refractivity contribution in [2.45, 2.75) is 62.6 Å². The van der Waals surface area contributed by atoms with E-state index in [0.29, 0.717) is 18.1 Å². The molecular formula is C16H24OS. The van der Waals surface area contributed by atoms with Gasteiger partial charge >= 0.3 is 0 Å².